The van der Waals surface area contributed by atoms with Gasteiger partial charge in [-0.25, -0.2) is 0 Å². The predicted molar refractivity (Wildman–Crippen MR) is 84.6 cm³/mol. The minimum Gasteiger partial charge on any atom is -0.381 e. The summed E-state index contributed by atoms with van der Waals surface area (Å²) in [5.74, 6) is 0.530. The van der Waals surface area contributed by atoms with Crippen LogP contribution >= 0.6 is 0 Å². The molecule has 0 aliphatic carbocycles. The minimum atomic E-state index is 0.406. The molecule has 4 heteroatoms. The van der Waals surface area contributed by atoms with Gasteiger partial charge in [0.1, 0.15) is 0 Å². The van der Waals surface area contributed by atoms with Crippen LogP contribution in [0.5, 0.6) is 0 Å². The molecule has 0 N–H and O–H groups in total. The molecule has 2 fully saturated rings. The molecule has 3 heterocycles. The van der Waals surface area contributed by atoms with Gasteiger partial charge < -0.3 is 9.47 Å². The number of nitrogens with zero attached hydrogens (tertiary/aromatic N) is 2. The van der Waals surface area contributed by atoms with Crippen LogP contribution in [0.3, 0.4) is 0 Å². The van der Waals surface area contributed by atoms with E-state index in [0.29, 0.717) is 12.0 Å². The highest BCUT2D eigenvalue weighted by Gasteiger charge is 2.28. The molecule has 0 radical (unpaired) electrons. The van der Waals surface area contributed by atoms with Crippen LogP contribution in [0, 0.1) is 6.92 Å². The first kappa shape index (κ1) is 16.4. The van der Waals surface area contributed by atoms with Gasteiger partial charge in [0.05, 0.1) is 18.4 Å². The van der Waals surface area contributed by atoms with Crippen LogP contribution in [0.15, 0.2) is 12.1 Å². The number of aromatic nitrogens is 1. The lowest BCUT2D eigenvalue weighted by atomic mass is 9.95. The molecule has 2 saturated heterocycles. The summed E-state index contributed by atoms with van der Waals surface area (Å²) in [5.41, 5.74) is 3.70. The normalized spacial score (nSPS) is 22.6. The number of ether oxygens (including phenoxy) is 2. The van der Waals surface area contributed by atoms with Gasteiger partial charge in [-0.2, -0.15) is 0 Å². The van der Waals surface area contributed by atoms with E-state index in [2.05, 4.69) is 24.0 Å². The molecule has 3 rings (SSSR count). The number of pyridine rings is 1. The van der Waals surface area contributed by atoms with Crippen molar-refractivity contribution in [2.75, 3.05) is 33.4 Å². The summed E-state index contributed by atoms with van der Waals surface area (Å²) in [7, 11) is 1.79. The number of rotatable bonds is 4. The van der Waals surface area contributed by atoms with Crippen LogP contribution in [-0.2, 0) is 16.0 Å². The molecule has 1 atom stereocenters. The first-order valence-electron chi connectivity index (χ1n) is 8.05. The zero-order chi connectivity index (χ0) is 15.2. The van der Waals surface area contributed by atoms with E-state index in [-0.39, 0.29) is 0 Å². The molecule has 2 aliphatic rings. The molecule has 118 valence electrons. The van der Waals surface area contributed by atoms with E-state index in [0.717, 1.165) is 45.0 Å². The molecule has 0 aromatic carbocycles. The Morgan fingerprint density at radius 3 is 2.71 bits per heavy atom. The molecule has 0 amide bonds. The highest BCUT2D eigenvalue weighted by atomic mass is 16.5. The molecular formula is C17H28N2O2. The highest BCUT2D eigenvalue weighted by Crippen LogP contribution is 2.29. The maximum Gasteiger partial charge on any atom is 0.0825 e. The maximum atomic E-state index is 5.52. The van der Waals surface area contributed by atoms with Gasteiger partial charge in [-0.15, -0.1) is 0 Å². The minimum absolute atomic E-state index is 0.406. The van der Waals surface area contributed by atoms with Crippen molar-refractivity contribution in [1.29, 1.82) is 0 Å². The average Bonchev–Trinajstić information content (AvgIpc) is 2.98. The largest absolute Gasteiger partial charge is 0.381 e. The summed E-state index contributed by atoms with van der Waals surface area (Å²) in [6.45, 7) is 10.8. The smallest absolute Gasteiger partial charge is 0.0825 e. The van der Waals surface area contributed by atoms with E-state index in [1.165, 1.54) is 11.3 Å². The average molecular weight is 292 g/mol. The van der Waals surface area contributed by atoms with E-state index >= 15 is 0 Å². The zero-order valence-corrected chi connectivity index (χ0v) is 13.8. The molecule has 0 bridgehead atoms. The van der Waals surface area contributed by atoms with E-state index in [1.54, 1.807) is 7.11 Å². The van der Waals surface area contributed by atoms with Gasteiger partial charge in [-0.3, -0.25) is 9.88 Å². The third-order valence-electron chi connectivity index (χ3n) is 4.15. The number of aryl methyl sites for hydroxylation is 1. The summed E-state index contributed by atoms with van der Waals surface area (Å²) in [6, 6.07) is 4.36. The van der Waals surface area contributed by atoms with Gasteiger partial charge in [0, 0.05) is 45.0 Å². The summed E-state index contributed by atoms with van der Waals surface area (Å²) in [5, 5.41) is 0. The van der Waals surface area contributed by atoms with Gasteiger partial charge in [0.15, 0.2) is 0 Å². The first-order valence-corrected chi connectivity index (χ1v) is 8.05. The number of likely N-dealkylation sites (tertiary alicyclic amines) is 1. The third-order valence-corrected chi connectivity index (χ3v) is 4.15. The lowest BCUT2D eigenvalue weighted by Gasteiger charge is -2.38. The second-order valence-corrected chi connectivity index (χ2v) is 5.60. The van der Waals surface area contributed by atoms with E-state index in [4.69, 9.17) is 14.5 Å². The lowest BCUT2D eigenvalue weighted by Crippen LogP contribution is -2.51. The van der Waals surface area contributed by atoms with Crippen LogP contribution in [0.4, 0.5) is 0 Å². The Kier molecular flexibility index (Phi) is 6.15. The van der Waals surface area contributed by atoms with Crippen LogP contribution in [-0.4, -0.2) is 49.4 Å². The molecule has 1 aromatic heterocycles. The van der Waals surface area contributed by atoms with Crippen molar-refractivity contribution >= 4 is 0 Å². The van der Waals surface area contributed by atoms with Gasteiger partial charge in [0.25, 0.3) is 0 Å². The monoisotopic (exact) mass is 292 g/mol. The Morgan fingerprint density at radius 1 is 1.33 bits per heavy atom. The second kappa shape index (κ2) is 7.87. The van der Waals surface area contributed by atoms with Crippen LogP contribution < -0.4 is 0 Å². The van der Waals surface area contributed by atoms with Gasteiger partial charge in [-0.1, -0.05) is 19.9 Å². The van der Waals surface area contributed by atoms with Gasteiger partial charge in [0.2, 0.25) is 0 Å². The van der Waals surface area contributed by atoms with Gasteiger partial charge >= 0.3 is 0 Å². The molecule has 4 nitrogen and oxygen atoms in total. The fourth-order valence-corrected chi connectivity index (χ4v) is 2.91. The Bertz CT molecular complexity index is 438. The van der Waals surface area contributed by atoms with Crippen LogP contribution in [0.1, 0.15) is 43.1 Å². The molecule has 0 spiro atoms. The van der Waals surface area contributed by atoms with Gasteiger partial charge in [-0.05, 0) is 25.0 Å². The molecule has 2 aliphatic heterocycles. The fraction of sp³-hybridized carbons (Fsp3) is 0.706. The van der Waals surface area contributed by atoms with E-state index in [1.807, 2.05) is 13.8 Å². The van der Waals surface area contributed by atoms with Crippen molar-refractivity contribution in [3.8, 4) is 0 Å². The molecule has 21 heavy (non-hydrogen) atoms. The molecule has 1 aromatic rings. The fourth-order valence-electron chi connectivity index (χ4n) is 2.91. The highest BCUT2D eigenvalue weighted by molar-refractivity contribution is 5.27. The Balaban J connectivity index is 0.000000774. The van der Waals surface area contributed by atoms with Crippen molar-refractivity contribution in [2.45, 2.75) is 45.8 Å². The number of hydrogen-bond donors (Lipinski definition) is 0. The maximum absolute atomic E-state index is 5.52. The summed E-state index contributed by atoms with van der Waals surface area (Å²) in [6.07, 6.45) is 1.53. The second-order valence-electron chi connectivity index (χ2n) is 5.60. The van der Waals surface area contributed by atoms with Crippen molar-refractivity contribution in [3.05, 3.63) is 29.1 Å². The van der Waals surface area contributed by atoms with E-state index in [9.17, 15) is 0 Å². The summed E-state index contributed by atoms with van der Waals surface area (Å²) in [4.78, 5) is 7.15. The SMILES string of the molecule is CC.COC1CN(Cc2nc(C)ccc2C2CCOC2)C1. The third kappa shape index (κ3) is 4.02. The standard InChI is InChI=1S/C15H22N2O2.C2H6/c1-11-3-4-14(12-5-6-19-10-12)15(16-11)9-17-7-13(8-17)18-2;1-2/h3-4,12-13H,5-10H2,1-2H3;1-2H3. The quantitative estimate of drug-likeness (QED) is 0.854. The predicted octanol–water partition coefficient (Wildman–Crippen LogP) is 2.75. The zero-order valence-electron chi connectivity index (χ0n) is 13.8. The van der Waals surface area contributed by atoms with Crippen LogP contribution in [0.2, 0.25) is 0 Å². The Morgan fingerprint density at radius 2 is 2.10 bits per heavy atom. The molecule has 1 unspecified atom stereocenters. The Labute approximate surface area is 128 Å². The summed E-state index contributed by atoms with van der Waals surface area (Å²) >= 11 is 0. The van der Waals surface area contributed by atoms with E-state index < -0.39 is 0 Å². The van der Waals surface area contributed by atoms with Crippen molar-refractivity contribution in [1.82, 2.24) is 9.88 Å². The van der Waals surface area contributed by atoms with Crippen LogP contribution in [0.25, 0.3) is 0 Å². The van der Waals surface area contributed by atoms with Crippen molar-refractivity contribution in [2.24, 2.45) is 0 Å². The molecule has 0 saturated carbocycles. The lowest BCUT2D eigenvalue weighted by molar-refractivity contribution is -0.0340. The van der Waals surface area contributed by atoms with Crippen molar-refractivity contribution < 1.29 is 9.47 Å². The number of hydrogen-bond acceptors (Lipinski definition) is 4. The number of methoxy groups -OCH3 is 1. The topological polar surface area (TPSA) is 34.6 Å². The van der Waals surface area contributed by atoms with Crippen molar-refractivity contribution in [3.63, 3.8) is 0 Å². The Hall–Kier alpha value is -0.970. The first-order chi connectivity index (χ1) is 10.3. The molecular weight excluding hydrogens is 264 g/mol. The summed E-state index contributed by atoms with van der Waals surface area (Å²) < 4.78 is 10.8.